The zero-order valence-corrected chi connectivity index (χ0v) is 8.93. The van der Waals surface area contributed by atoms with Gasteiger partial charge in [0.05, 0.1) is 6.10 Å². The van der Waals surface area contributed by atoms with Crippen molar-refractivity contribution in [1.82, 2.24) is 5.32 Å². The lowest BCUT2D eigenvalue weighted by atomic mass is 10.3. The molecule has 0 aliphatic carbocycles. The minimum absolute atomic E-state index is 0.0501. The number of nitrogens with two attached hydrogens (primary N) is 1. The minimum atomic E-state index is -0.391. The van der Waals surface area contributed by atoms with E-state index in [1.807, 2.05) is 0 Å². The average Bonchev–Trinajstić information content (AvgIpc) is 2.58. The first-order valence-electron chi connectivity index (χ1n) is 4.77. The van der Waals surface area contributed by atoms with E-state index in [1.165, 1.54) is 23.9 Å². The molecule has 1 saturated heterocycles. The molecule has 5 heteroatoms. The molecule has 0 radical (unpaired) electrons. The Morgan fingerprint density at radius 1 is 1.47 bits per heavy atom. The first kappa shape index (κ1) is 10.7. The highest BCUT2D eigenvalue weighted by Crippen LogP contribution is 2.31. The van der Waals surface area contributed by atoms with Crippen LogP contribution in [0.25, 0.3) is 0 Å². The van der Waals surface area contributed by atoms with Gasteiger partial charge in [-0.05, 0) is 18.2 Å². The van der Waals surface area contributed by atoms with E-state index in [1.54, 1.807) is 6.07 Å². The highest BCUT2D eigenvalue weighted by atomic mass is 32.2. The Labute approximate surface area is 91.9 Å². The maximum Gasteiger partial charge on any atom is 0.124 e. The molecule has 1 fully saturated rings. The number of hydrogen-bond acceptors (Lipinski definition) is 4. The summed E-state index contributed by atoms with van der Waals surface area (Å²) >= 11 is 1.42. The SMILES string of the molecule is Nc1ccc(F)cc1SC1CNCC1O. The molecule has 4 N–H and O–H groups in total. The van der Waals surface area contributed by atoms with Crippen molar-refractivity contribution in [3.63, 3.8) is 0 Å². The highest BCUT2D eigenvalue weighted by molar-refractivity contribution is 8.00. The third-order valence-electron chi connectivity index (χ3n) is 2.38. The molecule has 82 valence electrons. The lowest BCUT2D eigenvalue weighted by Crippen LogP contribution is -2.20. The quantitative estimate of drug-likeness (QED) is 0.656. The van der Waals surface area contributed by atoms with Crippen molar-refractivity contribution in [2.45, 2.75) is 16.2 Å². The van der Waals surface area contributed by atoms with Gasteiger partial charge in [0.15, 0.2) is 0 Å². The Kier molecular flexibility index (Phi) is 3.14. The van der Waals surface area contributed by atoms with Crippen molar-refractivity contribution in [3.8, 4) is 0 Å². The van der Waals surface area contributed by atoms with Gasteiger partial charge in [-0.1, -0.05) is 0 Å². The van der Waals surface area contributed by atoms with Crippen LogP contribution in [-0.2, 0) is 0 Å². The molecule has 1 aromatic rings. The molecule has 0 amide bonds. The van der Waals surface area contributed by atoms with Crippen LogP contribution >= 0.6 is 11.8 Å². The smallest absolute Gasteiger partial charge is 0.124 e. The number of aliphatic hydroxyl groups excluding tert-OH is 1. The molecule has 2 unspecified atom stereocenters. The van der Waals surface area contributed by atoms with Crippen LogP contribution in [0, 0.1) is 5.82 Å². The van der Waals surface area contributed by atoms with E-state index in [0.717, 1.165) is 6.54 Å². The molecular formula is C10H13FN2OS. The number of anilines is 1. The monoisotopic (exact) mass is 228 g/mol. The van der Waals surface area contributed by atoms with Gasteiger partial charge in [-0.25, -0.2) is 4.39 Å². The van der Waals surface area contributed by atoms with Crippen molar-refractivity contribution in [2.24, 2.45) is 0 Å². The van der Waals surface area contributed by atoms with Crippen LogP contribution in [0.1, 0.15) is 0 Å². The third-order valence-corrected chi connectivity index (χ3v) is 3.77. The van der Waals surface area contributed by atoms with Crippen LogP contribution in [0.5, 0.6) is 0 Å². The van der Waals surface area contributed by atoms with Gasteiger partial charge in [0, 0.05) is 28.9 Å². The fraction of sp³-hybridized carbons (Fsp3) is 0.400. The zero-order chi connectivity index (χ0) is 10.8. The van der Waals surface area contributed by atoms with E-state index < -0.39 is 6.10 Å². The Balaban J connectivity index is 2.12. The van der Waals surface area contributed by atoms with Crippen molar-refractivity contribution >= 4 is 17.4 Å². The summed E-state index contributed by atoms with van der Waals surface area (Å²) in [5, 5.41) is 12.7. The van der Waals surface area contributed by atoms with Gasteiger partial charge in [-0.15, -0.1) is 11.8 Å². The van der Waals surface area contributed by atoms with Crippen molar-refractivity contribution in [3.05, 3.63) is 24.0 Å². The van der Waals surface area contributed by atoms with Crippen LogP contribution in [0.4, 0.5) is 10.1 Å². The van der Waals surface area contributed by atoms with Crippen LogP contribution in [0.15, 0.2) is 23.1 Å². The largest absolute Gasteiger partial charge is 0.398 e. The van der Waals surface area contributed by atoms with Crippen LogP contribution in [-0.4, -0.2) is 29.5 Å². The maximum atomic E-state index is 13.0. The van der Waals surface area contributed by atoms with Gasteiger partial charge < -0.3 is 16.2 Å². The minimum Gasteiger partial charge on any atom is -0.398 e. The van der Waals surface area contributed by atoms with Gasteiger partial charge in [-0.3, -0.25) is 0 Å². The van der Waals surface area contributed by atoms with Gasteiger partial charge in [-0.2, -0.15) is 0 Å². The van der Waals surface area contributed by atoms with Gasteiger partial charge in [0.1, 0.15) is 5.82 Å². The van der Waals surface area contributed by atoms with Crippen LogP contribution in [0.2, 0.25) is 0 Å². The van der Waals surface area contributed by atoms with Crippen molar-refractivity contribution in [2.75, 3.05) is 18.8 Å². The standard InChI is InChI=1S/C10H13FN2OS/c11-6-1-2-7(12)9(3-6)15-10-5-13-4-8(10)14/h1-3,8,10,13-14H,4-5,12H2. The fourth-order valence-electron chi connectivity index (χ4n) is 1.53. The van der Waals surface area contributed by atoms with Gasteiger partial charge in [0.25, 0.3) is 0 Å². The summed E-state index contributed by atoms with van der Waals surface area (Å²) in [6.45, 7) is 1.31. The predicted octanol–water partition coefficient (Wildman–Crippen LogP) is 0.833. The topological polar surface area (TPSA) is 58.3 Å². The van der Waals surface area contributed by atoms with Crippen molar-refractivity contribution in [1.29, 1.82) is 0 Å². The second kappa shape index (κ2) is 4.38. The summed E-state index contributed by atoms with van der Waals surface area (Å²) in [4.78, 5) is 0.697. The van der Waals surface area contributed by atoms with E-state index in [4.69, 9.17) is 5.73 Å². The molecule has 1 heterocycles. The molecule has 0 saturated carbocycles. The molecule has 2 rings (SSSR count). The molecule has 0 spiro atoms. The molecule has 15 heavy (non-hydrogen) atoms. The number of β-amino-alcohol motifs (C(OH)–C–C–N with tert-alkyl or cyclic N) is 1. The van der Waals surface area contributed by atoms with E-state index in [9.17, 15) is 9.50 Å². The molecule has 1 aliphatic rings. The third kappa shape index (κ3) is 2.42. The predicted molar refractivity (Wildman–Crippen MR) is 59.3 cm³/mol. The Morgan fingerprint density at radius 2 is 2.27 bits per heavy atom. The molecule has 2 atom stereocenters. The molecular weight excluding hydrogens is 215 g/mol. The van der Waals surface area contributed by atoms with Crippen LogP contribution < -0.4 is 11.1 Å². The molecule has 1 aliphatic heterocycles. The molecule has 3 nitrogen and oxygen atoms in total. The maximum absolute atomic E-state index is 13.0. The first-order valence-corrected chi connectivity index (χ1v) is 5.65. The summed E-state index contributed by atoms with van der Waals surface area (Å²) < 4.78 is 13.0. The van der Waals surface area contributed by atoms with Gasteiger partial charge in [0.2, 0.25) is 0 Å². The van der Waals surface area contributed by atoms with Crippen LogP contribution in [0.3, 0.4) is 0 Å². The number of nitrogens with one attached hydrogen (secondary N) is 1. The summed E-state index contributed by atoms with van der Waals surface area (Å²) in [6, 6.07) is 4.29. The zero-order valence-electron chi connectivity index (χ0n) is 8.11. The van der Waals surface area contributed by atoms with E-state index >= 15 is 0 Å². The van der Waals surface area contributed by atoms with Gasteiger partial charge >= 0.3 is 0 Å². The van der Waals surface area contributed by atoms with E-state index in [2.05, 4.69) is 5.32 Å². The number of rotatable bonds is 2. The first-order chi connectivity index (χ1) is 7.16. The van der Waals surface area contributed by atoms with Crippen molar-refractivity contribution < 1.29 is 9.50 Å². The number of aliphatic hydroxyl groups is 1. The summed E-state index contributed by atoms with van der Waals surface area (Å²) in [5.41, 5.74) is 6.28. The Hall–Kier alpha value is -0.780. The number of hydrogen-bond donors (Lipinski definition) is 3. The number of nitrogen functional groups attached to an aromatic ring is 1. The second-order valence-electron chi connectivity index (χ2n) is 3.56. The second-order valence-corrected chi connectivity index (χ2v) is 4.85. The summed E-state index contributed by atoms with van der Waals surface area (Å²) in [6.07, 6.45) is -0.391. The Bertz CT molecular complexity index is 361. The normalized spacial score (nSPS) is 25.7. The molecule has 0 aromatic heterocycles. The number of benzene rings is 1. The lowest BCUT2D eigenvalue weighted by Gasteiger charge is -2.14. The van der Waals surface area contributed by atoms with E-state index in [0.29, 0.717) is 17.1 Å². The number of halogens is 1. The Morgan fingerprint density at radius 3 is 2.93 bits per heavy atom. The molecule has 1 aromatic carbocycles. The lowest BCUT2D eigenvalue weighted by molar-refractivity contribution is 0.201. The average molecular weight is 228 g/mol. The van der Waals surface area contributed by atoms with E-state index in [-0.39, 0.29) is 11.1 Å². The summed E-state index contributed by atoms with van der Waals surface area (Å²) in [7, 11) is 0. The number of thioether (sulfide) groups is 1. The fourth-order valence-corrected chi connectivity index (χ4v) is 2.70. The summed E-state index contributed by atoms with van der Waals surface area (Å²) in [5.74, 6) is -0.299. The highest BCUT2D eigenvalue weighted by Gasteiger charge is 2.26. The molecule has 0 bridgehead atoms.